The zero-order chi connectivity index (χ0) is 14.8. The van der Waals surface area contributed by atoms with E-state index in [4.69, 9.17) is 0 Å². The van der Waals surface area contributed by atoms with Crippen LogP contribution in [0.2, 0.25) is 0 Å². The fraction of sp³-hybridized carbons (Fsp3) is 0.133. The molecule has 1 aliphatic rings. The van der Waals surface area contributed by atoms with Gasteiger partial charge in [0.1, 0.15) is 0 Å². The van der Waals surface area contributed by atoms with Gasteiger partial charge in [0, 0.05) is 24.0 Å². The van der Waals surface area contributed by atoms with Gasteiger partial charge < -0.3 is 10.6 Å². The molecule has 2 heterocycles. The summed E-state index contributed by atoms with van der Waals surface area (Å²) in [6.45, 7) is 0. The molecule has 0 aliphatic carbocycles. The number of rotatable bonds is 2. The number of hydrogen-bond acceptors (Lipinski definition) is 3. The molecule has 0 atom stereocenters. The van der Waals surface area contributed by atoms with Gasteiger partial charge in [-0.1, -0.05) is 0 Å². The Kier molecular flexibility index (Phi) is 3.35. The molecule has 106 valence electrons. The molecule has 5 nitrogen and oxygen atoms in total. The monoisotopic (exact) mass is 285 g/mol. The number of amides is 2. The maximum atomic E-state index is 13.5. The largest absolute Gasteiger partial charge is 0.326 e. The van der Waals surface area contributed by atoms with E-state index in [9.17, 15) is 14.0 Å². The molecule has 3 rings (SSSR count). The molecule has 1 aromatic heterocycles. The predicted octanol–water partition coefficient (Wildman–Crippen LogP) is 2.36. The quantitative estimate of drug-likeness (QED) is 0.889. The molecule has 0 saturated carbocycles. The van der Waals surface area contributed by atoms with Crippen molar-refractivity contribution in [1.29, 1.82) is 0 Å². The Labute approximate surface area is 120 Å². The van der Waals surface area contributed by atoms with E-state index < -0.39 is 11.7 Å². The summed E-state index contributed by atoms with van der Waals surface area (Å²) in [6, 6.07) is 6.50. The summed E-state index contributed by atoms with van der Waals surface area (Å²) < 4.78 is 13.5. The van der Waals surface area contributed by atoms with Gasteiger partial charge in [0.15, 0.2) is 5.82 Å². The molecule has 1 aliphatic heterocycles. The third-order valence-electron chi connectivity index (χ3n) is 3.28. The minimum absolute atomic E-state index is 0.0156. The van der Waals surface area contributed by atoms with Gasteiger partial charge in [0.2, 0.25) is 5.91 Å². The first-order valence-corrected chi connectivity index (χ1v) is 6.47. The number of aryl methyl sites for hydroxylation is 1. The van der Waals surface area contributed by atoms with Crippen LogP contribution in [0.4, 0.5) is 15.8 Å². The van der Waals surface area contributed by atoms with Gasteiger partial charge in [-0.2, -0.15) is 0 Å². The molecular weight excluding hydrogens is 273 g/mol. The Balaban J connectivity index is 1.81. The lowest BCUT2D eigenvalue weighted by Crippen LogP contribution is -2.19. The molecular formula is C15H12FN3O2. The third kappa shape index (κ3) is 2.74. The number of pyridine rings is 1. The van der Waals surface area contributed by atoms with E-state index >= 15 is 0 Å². The number of halogens is 1. The molecule has 0 fully saturated rings. The molecule has 6 heteroatoms. The van der Waals surface area contributed by atoms with Crippen LogP contribution in [0.1, 0.15) is 22.3 Å². The van der Waals surface area contributed by atoms with Gasteiger partial charge in [-0.15, -0.1) is 0 Å². The first-order chi connectivity index (χ1) is 10.1. The first-order valence-electron chi connectivity index (χ1n) is 6.47. The van der Waals surface area contributed by atoms with Gasteiger partial charge in [-0.05, 0) is 36.2 Å². The highest BCUT2D eigenvalue weighted by atomic mass is 19.1. The number of benzene rings is 1. The Morgan fingerprint density at radius 1 is 1.29 bits per heavy atom. The fourth-order valence-electron chi connectivity index (χ4n) is 2.22. The van der Waals surface area contributed by atoms with E-state index in [2.05, 4.69) is 15.6 Å². The molecule has 21 heavy (non-hydrogen) atoms. The summed E-state index contributed by atoms with van der Waals surface area (Å²) in [5.41, 5.74) is 2.20. The minimum atomic E-state index is -0.666. The van der Waals surface area contributed by atoms with Crippen LogP contribution in [-0.4, -0.2) is 16.8 Å². The van der Waals surface area contributed by atoms with Crippen LogP contribution in [0.25, 0.3) is 0 Å². The van der Waals surface area contributed by atoms with Crippen LogP contribution in [-0.2, 0) is 11.2 Å². The maximum Gasteiger partial charge on any atom is 0.258 e. The molecule has 0 spiro atoms. The highest BCUT2D eigenvalue weighted by molar-refractivity contribution is 6.04. The van der Waals surface area contributed by atoms with E-state index in [1.807, 2.05) is 0 Å². The minimum Gasteiger partial charge on any atom is -0.326 e. The van der Waals surface area contributed by atoms with Crippen LogP contribution in [0.15, 0.2) is 36.7 Å². The molecule has 0 bridgehead atoms. The maximum absolute atomic E-state index is 13.5. The lowest BCUT2D eigenvalue weighted by Gasteiger charge is -2.17. The zero-order valence-electron chi connectivity index (χ0n) is 11.0. The number of anilines is 2. The number of carbonyl (C=O) groups is 2. The lowest BCUT2D eigenvalue weighted by molar-refractivity contribution is -0.116. The highest BCUT2D eigenvalue weighted by Crippen LogP contribution is 2.26. The van der Waals surface area contributed by atoms with Crippen LogP contribution in [0, 0.1) is 5.82 Å². The molecule has 0 radical (unpaired) electrons. The second-order valence-corrected chi connectivity index (χ2v) is 4.73. The fourth-order valence-corrected chi connectivity index (χ4v) is 2.22. The smallest absolute Gasteiger partial charge is 0.258 e. The summed E-state index contributed by atoms with van der Waals surface area (Å²) in [5.74, 6) is -1.21. The summed E-state index contributed by atoms with van der Waals surface area (Å²) in [5, 5.41) is 5.40. The van der Waals surface area contributed by atoms with Crippen molar-refractivity contribution >= 4 is 23.2 Å². The predicted molar refractivity (Wildman–Crippen MR) is 75.5 cm³/mol. The Morgan fingerprint density at radius 3 is 2.95 bits per heavy atom. The van der Waals surface area contributed by atoms with E-state index in [1.165, 1.54) is 12.3 Å². The van der Waals surface area contributed by atoms with Crippen molar-refractivity contribution in [2.75, 3.05) is 10.6 Å². The normalized spacial score (nSPS) is 13.3. The number of aromatic nitrogens is 1. The number of hydrogen-bond donors (Lipinski definition) is 2. The van der Waals surface area contributed by atoms with E-state index in [0.29, 0.717) is 18.5 Å². The molecule has 2 N–H and O–H groups in total. The zero-order valence-corrected chi connectivity index (χ0v) is 11.0. The topological polar surface area (TPSA) is 71.1 Å². The average Bonchev–Trinajstić information content (AvgIpc) is 2.48. The first kappa shape index (κ1) is 13.2. The second kappa shape index (κ2) is 5.32. The summed E-state index contributed by atoms with van der Waals surface area (Å²) in [6.07, 6.45) is 3.40. The van der Waals surface area contributed by atoms with Crippen molar-refractivity contribution in [2.45, 2.75) is 12.8 Å². The van der Waals surface area contributed by atoms with Crippen LogP contribution in [0.3, 0.4) is 0 Å². The van der Waals surface area contributed by atoms with Crippen LogP contribution >= 0.6 is 0 Å². The van der Waals surface area contributed by atoms with Crippen molar-refractivity contribution in [1.82, 2.24) is 4.98 Å². The van der Waals surface area contributed by atoms with Gasteiger partial charge in [-0.3, -0.25) is 14.6 Å². The van der Waals surface area contributed by atoms with E-state index in [0.717, 1.165) is 17.4 Å². The molecule has 0 unspecified atom stereocenters. The summed E-state index contributed by atoms with van der Waals surface area (Å²) in [7, 11) is 0. The van der Waals surface area contributed by atoms with Crippen molar-refractivity contribution < 1.29 is 14.0 Å². The molecule has 2 aromatic rings. The standard InChI is InChI=1S/C15H12FN3O2/c16-12-8-17-6-5-11(12)15(21)18-10-2-3-13-9(7-10)1-4-14(20)19-13/h2-3,5-8H,1,4H2,(H,18,21)(H,19,20). The average molecular weight is 285 g/mol. The Bertz CT molecular complexity index is 731. The number of fused-ring (bicyclic) bond motifs is 1. The van der Waals surface area contributed by atoms with Crippen LogP contribution in [0.5, 0.6) is 0 Å². The van der Waals surface area contributed by atoms with Gasteiger partial charge in [-0.25, -0.2) is 4.39 Å². The summed E-state index contributed by atoms with van der Waals surface area (Å²) >= 11 is 0. The van der Waals surface area contributed by atoms with E-state index in [1.54, 1.807) is 18.2 Å². The van der Waals surface area contributed by atoms with Gasteiger partial charge in [0.05, 0.1) is 11.8 Å². The number of carbonyl (C=O) groups excluding carboxylic acids is 2. The van der Waals surface area contributed by atoms with Crippen molar-refractivity contribution in [3.05, 3.63) is 53.6 Å². The van der Waals surface area contributed by atoms with Crippen molar-refractivity contribution in [3.63, 3.8) is 0 Å². The number of nitrogens with zero attached hydrogens (tertiary/aromatic N) is 1. The SMILES string of the molecule is O=C1CCc2cc(NC(=O)c3ccncc3F)ccc2N1. The second-order valence-electron chi connectivity index (χ2n) is 4.73. The molecule has 1 aromatic carbocycles. The lowest BCUT2D eigenvalue weighted by atomic mass is 10.0. The summed E-state index contributed by atoms with van der Waals surface area (Å²) in [4.78, 5) is 26.9. The van der Waals surface area contributed by atoms with Crippen molar-refractivity contribution in [2.24, 2.45) is 0 Å². The molecule has 2 amide bonds. The number of nitrogens with one attached hydrogen (secondary N) is 2. The Hall–Kier alpha value is -2.76. The van der Waals surface area contributed by atoms with Crippen molar-refractivity contribution in [3.8, 4) is 0 Å². The molecule has 0 saturated heterocycles. The highest BCUT2D eigenvalue weighted by Gasteiger charge is 2.16. The van der Waals surface area contributed by atoms with Gasteiger partial charge >= 0.3 is 0 Å². The Morgan fingerprint density at radius 2 is 2.14 bits per heavy atom. The van der Waals surface area contributed by atoms with Crippen LogP contribution < -0.4 is 10.6 Å². The van der Waals surface area contributed by atoms with Gasteiger partial charge in [0.25, 0.3) is 5.91 Å². The van der Waals surface area contributed by atoms with E-state index in [-0.39, 0.29) is 11.5 Å². The third-order valence-corrected chi connectivity index (χ3v) is 3.28.